The topological polar surface area (TPSA) is 100 Å². The van der Waals surface area contributed by atoms with Crippen molar-refractivity contribution in [2.45, 2.75) is 19.9 Å². The first-order chi connectivity index (χ1) is 14.9. The molecule has 3 aromatic carbocycles. The molecular weight excluding hydrogens is 394 g/mol. The van der Waals surface area contributed by atoms with E-state index in [1.165, 1.54) is 6.21 Å². The Morgan fingerprint density at radius 1 is 1.03 bits per heavy atom. The van der Waals surface area contributed by atoms with Gasteiger partial charge in [0.1, 0.15) is 17.5 Å². The van der Waals surface area contributed by atoms with E-state index >= 15 is 0 Å². The molecule has 0 spiro atoms. The molecule has 31 heavy (non-hydrogen) atoms. The molecule has 0 saturated carbocycles. The summed E-state index contributed by atoms with van der Waals surface area (Å²) in [6, 6.07) is 16.8. The fourth-order valence-electron chi connectivity index (χ4n) is 3.15. The lowest BCUT2D eigenvalue weighted by molar-refractivity contribution is -0.123. The van der Waals surface area contributed by atoms with Crippen LogP contribution in [0.2, 0.25) is 0 Å². The molecule has 0 fully saturated rings. The van der Waals surface area contributed by atoms with Crippen LogP contribution in [0.25, 0.3) is 10.8 Å². The Labute approximate surface area is 180 Å². The molecule has 3 N–H and O–H groups in total. The van der Waals surface area contributed by atoms with Gasteiger partial charge in [-0.2, -0.15) is 5.10 Å². The number of ether oxygens (including phenoxy) is 1. The molecule has 0 aliphatic heterocycles. The zero-order chi connectivity index (χ0) is 22.4. The summed E-state index contributed by atoms with van der Waals surface area (Å²) in [5.74, 6) is -0.283. The molecule has 3 rings (SSSR count). The van der Waals surface area contributed by atoms with Crippen molar-refractivity contribution < 1.29 is 19.4 Å². The van der Waals surface area contributed by atoms with E-state index in [0.717, 1.165) is 10.8 Å². The minimum absolute atomic E-state index is 0.0601. The molecule has 0 heterocycles. The highest BCUT2D eigenvalue weighted by Crippen LogP contribution is 2.25. The Bertz CT molecular complexity index is 1110. The first-order valence-corrected chi connectivity index (χ1v) is 9.89. The van der Waals surface area contributed by atoms with Crippen molar-refractivity contribution in [1.82, 2.24) is 10.7 Å². The van der Waals surface area contributed by atoms with Crippen molar-refractivity contribution in [1.29, 1.82) is 0 Å². The zero-order valence-corrected chi connectivity index (χ0v) is 17.6. The molecule has 160 valence electrons. The third-order valence-corrected chi connectivity index (χ3v) is 4.90. The molecule has 1 unspecified atom stereocenters. The van der Waals surface area contributed by atoms with Crippen LogP contribution in [-0.4, -0.2) is 36.3 Å². The van der Waals surface area contributed by atoms with Crippen LogP contribution in [-0.2, 0) is 4.79 Å². The van der Waals surface area contributed by atoms with Crippen molar-refractivity contribution in [2.24, 2.45) is 11.0 Å². The van der Waals surface area contributed by atoms with Crippen molar-refractivity contribution in [3.63, 3.8) is 0 Å². The summed E-state index contributed by atoms with van der Waals surface area (Å²) < 4.78 is 5.09. The van der Waals surface area contributed by atoms with E-state index in [1.807, 2.05) is 44.2 Å². The molecule has 0 aliphatic carbocycles. The number of phenols is 1. The summed E-state index contributed by atoms with van der Waals surface area (Å²) in [5, 5.41) is 18.7. The average molecular weight is 419 g/mol. The summed E-state index contributed by atoms with van der Waals surface area (Å²) in [4.78, 5) is 25.2. The maximum Gasteiger partial charge on any atom is 0.262 e. The van der Waals surface area contributed by atoms with Gasteiger partial charge in [0.2, 0.25) is 0 Å². The molecule has 0 aliphatic rings. The zero-order valence-electron chi connectivity index (χ0n) is 17.6. The molecule has 7 heteroatoms. The molecule has 0 saturated heterocycles. The smallest absolute Gasteiger partial charge is 0.262 e. The third kappa shape index (κ3) is 5.19. The fourth-order valence-corrected chi connectivity index (χ4v) is 3.15. The van der Waals surface area contributed by atoms with E-state index in [-0.39, 0.29) is 17.6 Å². The molecule has 2 amide bonds. The normalized spacial score (nSPS) is 12.1. The van der Waals surface area contributed by atoms with Gasteiger partial charge in [0.15, 0.2) is 0 Å². The predicted octanol–water partition coefficient (Wildman–Crippen LogP) is 3.46. The van der Waals surface area contributed by atoms with Gasteiger partial charge in [-0.3, -0.25) is 9.59 Å². The quantitative estimate of drug-likeness (QED) is 0.403. The highest BCUT2D eigenvalue weighted by atomic mass is 16.5. The molecule has 0 aromatic heterocycles. The Morgan fingerprint density at radius 3 is 2.42 bits per heavy atom. The van der Waals surface area contributed by atoms with Gasteiger partial charge in [0.05, 0.1) is 13.3 Å². The summed E-state index contributed by atoms with van der Waals surface area (Å²) in [6.45, 7) is 3.66. The average Bonchev–Trinajstić information content (AvgIpc) is 2.78. The standard InChI is InChI=1S/C24H25N3O4/c1-15(2)22(26-23(29)17-8-11-18(31-3)12-9-17)24(30)27-25-14-20-19-7-5-4-6-16(19)10-13-21(20)28/h4-15,22,28H,1-3H3,(H,26,29)(H,27,30)/b25-14+. The second kappa shape index (κ2) is 9.75. The lowest BCUT2D eigenvalue weighted by Gasteiger charge is -2.20. The number of benzene rings is 3. The number of phenolic OH excluding ortho intramolecular Hbond substituents is 1. The van der Waals surface area contributed by atoms with Crippen molar-refractivity contribution >= 4 is 28.8 Å². The van der Waals surface area contributed by atoms with Crippen molar-refractivity contribution in [3.05, 3.63) is 71.8 Å². The molecule has 1 atom stereocenters. The van der Waals surface area contributed by atoms with Crippen LogP contribution in [0.5, 0.6) is 11.5 Å². The number of methoxy groups -OCH3 is 1. The number of amides is 2. The van der Waals surface area contributed by atoms with Gasteiger partial charge in [-0.05, 0) is 47.0 Å². The van der Waals surface area contributed by atoms with Gasteiger partial charge < -0.3 is 15.2 Å². The van der Waals surface area contributed by atoms with Crippen LogP contribution < -0.4 is 15.5 Å². The molecule has 7 nitrogen and oxygen atoms in total. The van der Waals surface area contributed by atoms with Gasteiger partial charge in [-0.15, -0.1) is 0 Å². The van der Waals surface area contributed by atoms with E-state index in [9.17, 15) is 14.7 Å². The Balaban J connectivity index is 1.71. The predicted molar refractivity (Wildman–Crippen MR) is 120 cm³/mol. The number of hydrogen-bond donors (Lipinski definition) is 3. The number of nitrogens with zero attached hydrogens (tertiary/aromatic N) is 1. The monoisotopic (exact) mass is 419 g/mol. The van der Waals surface area contributed by atoms with Crippen LogP contribution in [0.1, 0.15) is 29.8 Å². The minimum Gasteiger partial charge on any atom is -0.507 e. The van der Waals surface area contributed by atoms with Gasteiger partial charge >= 0.3 is 0 Å². The van der Waals surface area contributed by atoms with Crippen molar-refractivity contribution in [3.8, 4) is 11.5 Å². The number of rotatable bonds is 7. The first kappa shape index (κ1) is 21.8. The molecule has 0 radical (unpaired) electrons. The fraction of sp³-hybridized carbons (Fsp3) is 0.208. The third-order valence-electron chi connectivity index (χ3n) is 4.90. The molecular formula is C24H25N3O4. The van der Waals surface area contributed by atoms with Gasteiger partial charge in [0, 0.05) is 11.1 Å². The maximum atomic E-state index is 12.7. The van der Waals surface area contributed by atoms with Crippen LogP contribution in [0.4, 0.5) is 0 Å². The van der Waals surface area contributed by atoms with E-state index in [2.05, 4.69) is 15.8 Å². The highest BCUT2D eigenvalue weighted by molar-refractivity contribution is 6.03. The van der Waals surface area contributed by atoms with Crippen LogP contribution in [0.3, 0.4) is 0 Å². The van der Waals surface area contributed by atoms with Gasteiger partial charge in [0.25, 0.3) is 11.8 Å². The van der Waals surface area contributed by atoms with Gasteiger partial charge in [-0.25, -0.2) is 5.43 Å². The lowest BCUT2D eigenvalue weighted by Crippen LogP contribution is -2.48. The van der Waals surface area contributed by atoms with Crippen LogP contribution in [0, 0.1) is 5.92 Å². The number of aromatic hydroxyl groups is 1. The lowest BCUT2D eigenvalue weighted by atomic mass is 10.0. The minimum atomic E-state index is -0.784. The van der Waals surface area contributed by atoms with E-state index in [1.54, 1.807) is 37.4 Å². The largest absolute Gasteiger partial charge is 0.507 e. The van der Waals surface area contributed by atoms with E-state index in [0.29, 0.717) is 16.9 Å². The molecule has 0 bridgehead atoms. The Morgan fingerprint density at radius 2 is 1.74 bits per heavy atom. The van der Waals surface area contributed by atoms with Crippen LogP contribution in [0.15, 0.2) is 65.8 Å². The summed E-state index contributed by atoms with van der Waals surface area (Å²) in [7, 11) is 1.55. The summed E-state index contributed by atoms with van der Waals surface area (Å²) in [5.41, 5.74) is 3.39. The summed E-state index contributed by atoms with van der Waals surface area (Å²) in [6.07, 6.45) is 1.40. The second-order valence-electron chi connectivity index (χ2n) is 7.38. The highest BCUT2D eigenvalue weighted by Gasteiger charge is 2.24. The number of hydrogen-bond acceptors (Lipinski definition) is 5. The van der Waals surface area contributed by atoms with E-state index < -0.39 is 11.9 Å². The Kier molecular flexibility index (Phi) is 6.87. The number of hydrazone groups is 1. The number of nitrogens with one attached hydrogen (secondary N) is 2. The Hall–Kier alpha value is -3.87. The second-order valence-corrected chi connectivity index (χ2v) is 7.38. The SMILES string of the molecule is COc1ccc(C(=O)NC(C(=O)N/N=C/c2c(O)ccc3ccccc23)C(C)C)cc1. The number of carbonyl (C=O) groups excluding carboxylic acids is 2. The van der Waals surface area contributed by atoms with Crippen molar-refractivity contribution in [2.75, 3.05) is 7.11 Å². The van der Waals surface area contributed by atoms with Crippen LogP contribution >= 0.6 is 0 Å². The summed E-state index contributed by atoms with van der Waals surface area (Å²) >= 11 is 0. The van der Waals surface area contributed by atoms with E-state index in [4.69, 9.17) is 4.74 Å². The maximum absolute atomic E-state index is 12.7. The number of carbonyl (C=O) groups is 2. The van der Waals surface area contributed by atoms with Gasteiger partial charge in [-0.1, -0.05) is 44.2 Å². The molecule has 3 aromatic rings. The number of fused-ring (bicyclic) bond motifs is 1. The first-order valence-electron chi connectivity index (χ1n) is 9.89.